The molecule has 17 heavy (non-hydrogen) atoms. The number of rotatable bonds is 5. The average Bonchev–Trinajstić information content (AvgIpc) is 2.83. The van der Waals surface area contributed by atoms with Crippen molar-refractivity contribution in [3.8, 4) is 0 Å². The topological polar surface area (TPSA) is 38.0 Å². The fourth-order valence-corrected chi connectivity index (χ4v) is 3.89. The predicted molar refractivity (Wildman–Crippen MR) is 75.2 cm³/mol. The molecule has 0 aliphatic heterocycles. The third-order valence-electron chi connectivity index (χ3n) is 4.15. The number of hydrogen-bond acceptors (Lipinski definition) is 3. The van der Waals surface area contributed by atoms with Crippen LogP contribution in [0.15, 0.2) is 11.4 Å². The summed E-state index contributed by atoms with van der Waals surface area (Å²) < 4.78 is 0. The maximum atomic E-state index is 5.79. The zero-order chi connectivity index (χ0) is 12.3. The molecular weight excluding hydrogens is 228 g/mol. The van der Waals surface area contributed by atoms with Crippen molar-refractivity contribution in [2.45, 2.75) is 57.9 Å². The summed E-state index contributed by atoms with van der Waals surface area (Å²) in [5, 5.41) is 2.24. The molecule has 3 N–H and O–H groups in total. The number of fused-ring (bicyclic) bond motifs is 1. The lowest BCUT2D eigenvalue weighted by Gasteiger charge is -2.31. The van der Waals surface area contributed by atoms with E-state index in [2.05, 4.69) is 30.7 Å². The van der Waals surface area contributed by atoms with Crippen LogP contribution in [0.3, 0.4) is 0 Å². The standard InChI is InChI=1S/C14H24N2S/c1-3-10(2)9-13(16-15)11-5-4-6-14-12(11)7-8-17-14/h7-8,10-11,13,16H,3-6,9,15H2,1-2H3. The Hall–Kier alpha value is -0.380. The van der Waals surface area contributed by atoms with E-state index in [9.17, 15) is 0 Å². The summed E-state index contributed by atoms with van der Waals surface area (Å²) in [4.78, 5) is 1.59. The molecule has 1 heterocycles. The Morgan fingerprint density at radius 1 is 1.59 bits per heavy atom. The molecule has 0 saturated heterocycles. The van der Waals surface area contributed by atoms with Crippen molar-refractivity contribution in [3.63, 3.8) is 0 Å². The molecule has 1 aliphatic rings. The summed E-state index contributed by atoms with van der Waals surface area (Å²) in [7, 11) is 0. The second-order valence-corrected chi connectivity index (χ2v) is 6.32. The summed E-state index contributed by atoms with van der Waals surface area (Å²) in [6.07, 6.45) is 6.30. The highest BCUT2D eigenvalue weighted by molar-refractivity contribution is 7.10. The van der Waals surface area contributed by atoms with Crippen LogP contribution in [0, 0.1) is 5.92 Å². The lowest BCUT2D eigenvalue weighted by molar-refractivity contribution is 0.330. The van der Waals surface area contributed by atoms with E-state index in [1.807, 2.05) is 11.3 Å². The van der Waals surface area contributed by atoms with E-state index in [0.29, 0.717) is 12.0 Å². The Labute approximate surface area is 109 Å². The maximum absolute atomic E-state index is 5.79. The zero-order valence-corrected chi connectivity index (χ0v) is 11.7. The van der Waals surface area contributed by atoms with E-state index in [-0.39, 0.29) is 0 Å². The molecule has 96 valence electrons. The first-order valence-electron chi connectivity index (χ1n) is 6.78. The summed E-state index contributed by atoms with van der Waals surface area (Å²) in [6.45, 7) is 4.58. The van der Waals surface area contributed by atoms with E-state index in [1.165, 1.54) is 32.1 Å². The van der Waals surface area contributed by atoms with E-state index >= 15 is 0 Å². The second kappa shape index (κ2) is 5.98. The van der Waals surface area contributed by atoms with Gasteiger partial charge in [-0.3, -0.25) is 11.3 Å². The first kappa shape index (κ1) is 13.1. The molecule has 1 aromatic heterocycles. The number of hydrogen-bond donors (Lipinski definition) is 2. The molecule has 3 heteroatoms. The normalized spacial score (nSPS) is 23.1. The van der Waals surface area contributed by atoms with Gasteiger partial charge in [-0.25, -0.2) is 0 Å². The van der Waals surface area contributed by atoms with Crippen molar-refractivity contribution >= 4 is 11.3 Å². The van der Waals surface area contributed by atoms with Crippen LogP contribution < -0.4 is 11.3 Å². The van der Waals surface area contributed by atoms with Gasteiger partial charge in [0.25, 0.3) is 0 Å². The van der Waals surface area contributed by atoms with Crippen LogP contribution in [0.1, 0.15) is 55.9 Å². The Bertz CT molecular complexity index is 348. The molecule has 0 radical (unpaired) electrons. The number of nitrogens with one attached hydrogen (secondary N) is 1. The molecule has 0 amide bonds. The lowest BCUT2D eigenvalue weighted by atomic mass is 9.79. The van der Waals surface area contributed by atoms with Gasteiger partial charge in [-0.2, -0.15) is 0 Å². The van der Waals surface area contributed by atoms with Gasteiger partial charge in [0.05, 0.1) is 0 Å². The van der Waals surface area contributed by atoms with Gasteiger partial charge in [0, 0.05) is 16.8 Å². The quantitative estimate of drug-likeness (QED) is 0.622. The molecule has 3 atom stereocenters. The van der Waals surface area contributed by atoms with Gasteiger partial charge in [0.2, 0.25) is 0 Å². The maximum Gasteiger partial charge on any atom is 0.0282 e. The van der Waals surface area contributed by atoms with Gasteiger partial charge in [-0.15, -0.1) is 11.3 Å². The largest absolute Gasteiger partial charge is 0.271 e. The monoisotopic (exact) mass is 252 g/mol. The second-order valence-electron chi connectivity index (χ2n) is 5.32. The van der Waals surface area contributed by atoms with Crippen LogP contribution in [0.5, 0.6) is 0 Å². The van der Waals surface area contributed by atoms with E-state index in [4.69, 9.17) is 5.84 Å². The SMILES string of the molecule is CCC(C)CC(NN)C1CCCc2sccc21. The van der Waals surface area contributed by atoms with Gasteiger partial charge in [-0.1, -0.05) is 20.3 Å². The molecule has 1 aliphatic carbocycles. The average molecular weight is 252 g/mol. The van der Waals surface area contributed by atoms with Crippen LogP contribution in [0.25, 0.3) is 0 Å². The minimum atomic E-state index is 0.443. The number of nitrogens with two attached hydrogens (primary N) is 1. The van der Waals surface area contributed by atoms with Gasteiger partial charge < -0.3 is 0 Å². The smallest absolute Gasteiger partial charge is 0.0282 e. The first-order chi connectivity index (χ1) is 8.26. The van der Waals surface area contributed by atoms with Gasteiger partial charge in [-0.05, 0) is 48.6 Å². The minimum absolute atomic E-state index is 0.443. The molecule has 0 bridgehead atoms. The van der Waals surface area contributed by atoms with E-state index in [0.717, 1.165) is 5.92 Å². The van der Waals surface area contributed by atoms with E-state index in [1.54, 1.807) is 10.4 Å². The summed E-state index contributed by atoms with van der Waals surface area (Å²) in [5.41, 5.74) is 4.63. The molecule has 0 fully saturated rings. The Balaban J connectivity index is 2.11. The summed E-state index contributed by atoms with van der Waals surface area (Å²) in [6, 6.07) is 2.75. The van der Waals surface area contributed by atoms with Crippen molar-refractivity contribution in [1.29, 1.82) is 0 Å². The molecule has 2 rings (SSSR count). The highest BCUT2D eigenvalue weighted by Gasteiger charge is 2.28. The molecule has 0 aromatic carbocycles. The van der Waals surface area contributed by atoms with Crippen LogP contribution >= 0.6 is 11.3 Å². The van der Waals surface area contributed by atoms with Crippen molar-refractivity contribution < 1.29 is 0 Å². The highest BCUT2D eigenvalue weighted by atomic mass is 32.1. The molecule has 1 aromatic rings. The predicted octanol–water partition coefficient (Wildman–Crippen LogP) is 3.44. The lowest BCUT2D eigenvalue weighted by Crippen LogP contribution is -2.41. The third kappa shape index (κ3) is 2.90. The fourth-order valence-electron chi connectivity index (χ4n) is 2.89. The van der Waals surface area contributed by atoms with E-state index < -0.39 is 0 Å². The van der Waals surface area contributed by atoms with Crippen molar-refractivity contribution in [1.82, 2.24) is 5.43 Å². The Morgan fingerprint density at radius 2 is 2.41 bits per heavy atom. The van der Waals surface area contributed by atoms with Crippen LogP contribution in [0.4, 0.5) is 0 Å². The fraction of sp³-hybridized carbons (Fsp3) is 0.714. The first-order valence-corrected chi connectivity index (χ1v) is 7.66. The number of aryl methyl sites for hydroxylation is 1. The molecule has 0 saturated carbocycles. The highest BCUT2D eigenvalue weighted by Crippen LogP contribution is 2.38. The number of thiophene rings is 1. The molecule has 0 spiro atoms. The van der Waals surface area contributed by atoms with Crippen molar-refractivity contribution in [2.75, 3.05) is 0 Å². The van der Waals surface area contributed by atoms with Gasteiger partial charge in [0.1, 0.15) is 0 Å². The summed E-state index contributed by atoms with van der Waals surface area (Å²) in [5.74, 6) is 7.16. The Kier molecular flexibility index (Phi) is 4.60. The van der Waals surface area contributed by atoms with Crippen molar-refractivity contribution in [2.24, 2.45) is 11.8 Å². The third-order valence-corrected chi connectivity index (χ3v) is 5.15. The Morgan fingerprint density at radius 3 is 3.12 bits per heavy atom. The van der Waals surface area contributed by atoms with Crippen molar-refractivity contribution in [3.05, 3.63) is 21.9 Å². The summed E-state index contributed by atoms with van der Waals surface area (Å²) >= 11 is 1.91. The molecule has 3 unspecified atom stereocenters. The molecule has 2 nitrogen and oxygen atoms in total. The minimum Gasteiger partial charge on any atom is -0.271 e. The van der Waals surface area contributed by atoms with Crippen LogP contribution in [-0.2, 0) is 6.42 Å². The van der Waals surface area contributed by atoms with Crippen LogP contribution in [0.2, 0.25) is 0 Å². The molecular formula is C14H24N2S. The van der Waals surface area contributed by atoms with Gasteiger partial charge >= 0.3 is 0 Å². The van der Waals surface area contributed by atoms with Gasteiger partial charge in [0.15, 0.2) is 0 Å². The zero-order valence-electron chi connectivity index (χ0n) is 10.9. The van der Waals surface area contributed by atoms with Crippen LogP contribution in [-0.4, -0.2) is 6.04 Å². The number of hydrazine groups is 1.